The number of carboxylic acids is 1. The molecule has 2 unspecified atom stereocenters. The van der Waals surface area contributed by atoms with Gasteiger partial charge in [-0.05, 0) is 31.9 Å². The number of carbonyl (C=O) groups excluding carboxylic acids is 1. The van der Waals surface area contributed by atoms with E-state index in [1.807, 2.05) is 0 Å². The topological polar surface area (TPSA) is 97.8 Å². The summed E-state index contributed by atoms with van der Waals surface area (Å²) in [5.74, 6) is -0.722. The lowest BCUT2D eigenvalue weighted by Gasteiger charge is -2.12. The standard InChI is InChI=1S/C14H18N2O5/c1-2-20-14(19)9-3-6-12(15-7-9)16-8-10-4-5-11(21-10)13(17)18/h3,6-7,10-11H,2,4-5,8H2,1H3,(H,15,16)(H,17,18). The van der Waals surface area contributed by atoms with Crippen molar-refractivity contribution < 1.29 is 24.2 Å². The first-order valence-electron chi connectivity index (χ1n) is 6.85. The lowest BCUT2D eigenvalue weighted by atomic mass is 10.2. The second-order valence-corrected chi connectivity index (χ2v) is 4.70. The largest absolute Gasteiger partial charge is 0.479 e. The minimum Gasteiger partial charge on any atom is -0.479 e. The Morgan fingerprint density at radius 2 is 2.29 bits per heavy atom. The van der Waals surface area contributed by atoms with E-state index in [4.69, 9.17) is 14.6 Å². The van der Waals surface area contributed by atoms with Crippen LogP contribution < -0.4 is 5.32 Å². The molecule has 1 aromatic rings. The van der Waals surface area contributed by atoms with Gasteiger partial charge >= 0.3 is 11.9 Å². The molecule has 7 nitrogen and oxygen atoms in total. The van der Waals surface area contributed by atoms with Gasteiger partial charge in [0.25, 0.3) is 0 Å². The number of pyridine rings is 1. The Kier molecular flexibility index (Phi) is 5.10. The van der Waals surface area contributed by atoms with Crippen molar-refractivity contribution >= 4 is 17.8 Å². The number of anilines is 1. The average molecular weight is 294 g/mol. The fraction of sp³-hybridized carbons (Fsp3) is 0.500. The van der Waals surface area contributed by atoms with Gasteiger partial charge in [0.2, 0.25) is 0 Å². The van der Waals surface area contributed by atoms with Gasteiger partial charge in [-0.25, -0.2) is 14.6 Å². The first kappa shape index (κ1) is 15.2. The van der Waals surface area contributed by atoms with Crippen molar-refractivity contribution in [3.63, 3.8) is 0 Å². The van der Waals surface area contributed by atoms with Crippen LogP contribution in [0.3, 0.4) is 0 Å². The Hall–Kier alpha value is -2.15. The minimum absolute atomic E-state index is 0.141. The Balaban J connectivity index is 1.82. The van der Waals surface area contributed by atoms with Crippen molar-refractivity contribution in [3.05, 3.63) is 23.9 Å². The molecule has 1 saturated heterocycles. The van der Waals surface area contributed by atoms with Crippen LogP contribution in [-0.2, 0) is 14.3 Å². The SMILES string of the molecule is CCOC(=O)c1ccc(NCC2CCC(C(=O)O)O2)nc1. The Morgan fingerprint density at radius 3 is 2.86 bits per heavy atom. The maximum atomic E-state index is 11.5. The monoisotopic (exact) mass is 294 g/mol. The second kappa shape index (κ2) is 7.03. The number of rotatable bonds is 6. The zero-order valence-electron chi connectivity index (χ0n) is 11.7. The van der Waals surface area contributed by atoms with Gasteiger partial charge in [-0.15, -0.1) is 0 Å². The van der Waals surface area contributed by atoms with Gasteiger partial charge in [-0.2, -0.15) is 0 Å². The first-order valence-corrected chi connectivity index (χ1v) is 6.85. The van der Waals surface area contributed by atoms with Crippen molar-refractivity contribution in [1.29, 1.82) is 0 Å². The third-order valence-electron chi connectivity index (χ3n) is 3.17. The van der Waals surface area contributed by atoms with Gasteiger partial charge in [0.1, 0.15) is 5.82 Å². The third kappa shape index (κ3) is 4.16. The number of ether oxygens (including phenoxy) is 2. The summed E-state index contributed by atoms with van der Waals surface area (Å²) in [5, 5.41) is 11.9. The van der Waals surface area contributed by atoms with E-state index in [9.17, 15) is 9.59 Å². The molecule has 1 aliphatic heterocycles. The highest BCUT2D eigenvalue weighted by Crippen LogP contribution is 2.20. The zero-order chi connectivity index (χ0) is 15.2. The lowest BCUT2D eigenvalue weighted by Crippen LogP contribution is -2.24. The van der Waals surface area contributed by atoms with Crippen LogP contribution >= 0.6 is 0 Å². The zero-order valence-corrected chi connectivity index (χ0v) is 11.7. The van der Waals surface area contributed by atoms with Crippen LogP contribution in [0.4, 0.5) is 5.82 Å². The van der Waals surface area contributed by atoms with E-state index in [-0.39, 0.29) is 6.10 Å². The number of aromatic nitrogens is 1. The van der Waals surface area contributed by atoms with E-state index in [2.05, 4.69) is 10.3 Å². The van der Waals surface area contributed by atoms with Gasteiger partial charge in [0.05, 0.1) is 18.3 Å². The van der Waals surface area contributed by atoms with E-state index in [1.165, 1.54) is 6.20 Å². The highest BCUT2D eigenvalue weighted by molar-refractivity contribution is 5.89. The van der Waals surface area contributed by atoms with Crippen LogP contribution in [0, 0.1) is 0 Å². The summed E-state index contributed by atoms with van der Waals surface area (Å²) in [6.07, 6.45) is 1.81. The van der Waals surface area contributed by atoms with Gasteiger partial charge < -0.3 is 19.9 Å². The molecule has 7 heteroatoms. The molecule has 1 fully saturated rings. The number of carboxylic acid groups (broad SMARTS) is 1. The number of nitrogens with zero attached hydrogens (tertiary/aromatic N) is 1. The molecule has 114 valence electrons. The third-order valence-corrected chi connectivity index (χ3v) is 3.17. The van der Waals surface area contributed by atoms with E-state index in [0.717, 1.165) is 0 Å². The molecule has 2 rings (SSSR count). The fourth-order valence-corrected chi connectivity index (χ4v) is 2.09. The summed E-state index contributed by atoms with van der Waals surface area (Å²) >= 11 is 0. The molecule has 2 atom stereocenters. The smallest absolute Gasteiger partial charge is 0.339 e. The van der Waals surface area contributed by atoms with E-state index in [0.29, 0.717) is 37.4 Å². The average Bonchev–Trinajstić information content (AvgIpc) is 2.95. The molecule has 21 heavy (non-hydrogen) atoms. The van der Waals surface area contributed by atoms with E-state index in [1.54, 1.807) is 19.1 Å². The second-order valence-electron chi connectivity index (χ2n) is 4.70. The molecule has 0 aromatic carbocycles. The number of esters is 1. The van der Waals surface area contributed by atoms with Gasteiger partial charge in [0, 0.05) is 12.7 Å². The van der Waals surface area contributed by atoms with Crippen molar-refractivity contribution in [1.82, 2.24) is 4.98 Å². The molecule has 2 N–H and O–H groups in total. The van der Waals surface area contributed by atoms with Crippen LogP contribution in [0.25, 0.3) is 0 Å². The van der Waals surface area contributed by atoms with Crippen LogP contribution in [0.15, 0.2) is 18.3 Å². The van der Waals surface area contributed by atoms with Gasteiger partial charge in [-0.1, -0.05) is 0 Å². The van der Waals surface area contributed by atoms with Crippen LogP contribution in [0.5, 0.6) is 0 Å². The fourth-order valence-electron chi connectivity index (χ4n) is 2.09. The highest BCUT2D eigenvalue weighted by atomic mass is 16.5. The molecule has 1 aliphatic rings. The molecule has 0 saturated carbocycles. The van der Waals surface area contributed by atoms with E-state index < -0.39 is 18.0 Å². The molecule has 0 radical (unpaired) electrons. The van der Waals surface area contributed by atoms with Crippen molar-refractivity contribution in [2.24, 2.45) is 0 Å². The van der Waals surface area contributed by atoms with Crippen molar-refractivity contribution in [2.45, 2.75) is 32.0 Å². The summed E-state index contributed by atoms with van der Waals surface area (Å²) < 4.78 is 10.2. The molecule has 0 spiro atoms. The molecule has 0 bridgehead atoms. The van der Waals surface area contributed by atoms with Crippen LogP contribution in [0.1, 0.15) is 30.1 Å². The predicted molar refractivity (Wildman–Crippen MR) is 74.2 cm³/mol. The predicted octanol–water partition coefficient (Wildman–Crippen LogP) is 1.30. The summed E-state index contributed by atoms with van der Waals surface area (Å²) in [7, 11) is 0. The van der Waals surface area contributed by atoms with Crippen molar-refractivity contribution in [3.8, 4) is 0 Å². The Labute approximate surface area is 122 Å². The van der Waals surface area contributed by atoms with Crippen LogP contribution in [0.2, 0.25) is 0 Å². The number of aliphatic carboxylic acids is 1. The lowest BCUT2D eigenvalue weighted by molar-refractivity contribution is -0.149. The van der Waals surface area contributed by atoms with Gasteiger partial charge in [-0.3, -0.25) is 0 Å². The maximum absolute atomic E-state index is 11.5. The van der Waals surface area contributed by atoms with Crippen LogP contribution in [-0.4, -0.2) is 47.4 Å². The summed E-state index contributed by atoms with van der Waals surface area (Å²) in [6.45, 7) is 2.55. The molecular weight excluding hydrogens is 276 g/mol. The van der Waals surface area contributed by atoms with E-state index >= 15 is 0 Å². The minimum atomic E-state index is -0.922. The number of nitrogens with one attached hydrogen (secondary N) is 1. The Bertz CT molecular complexity index is 503. The van der Waals surface area contributed by atoms with Gasteiger partial charge in [0.15, 0.2) is 6.10 Å². The quantitative estimate of drug-likeness (QED) is 0.763. The first-order chi connectivity index (χ1) is 10.1. The number of carbonyl (C=O) groups is 2. The molecule has 0 amide bonds. The maximum Gasteiger partial charge on any atom is 0.339 e. The number of hydrogen-bond donors (Lipinski definition) is 2. The normalized spacial score (nSPS) is 21.0. The highest BCUT2D eigenvalue weighted by Gasteiger charge is 2.30. The summed E-state index contributed by atoms with van der Waals surface area (Å²) in [6, 6.07) is 3.30. The molecule has 1 aromatic heterocycles. The number of hydrogen-bond acceptors (Lipinski definition) is 6. The molecule has 0 aliphatic carbocycles. The molecule has 2 heterocycles. The summed E-state index contributed by atoms with van der Waals surface area (Å²) in [5.41, 5.74) is 0.394. The Morgan fingerprint density at radius 1 is 1.48 bits per heavy atom. The van der Waals surface area contributed by atoms with Crippen molar-refractivity contribution in [2.75, 3.05) is 18.5 Å². The summed E-state index contributed by atoms with van der Waals surface area (Å²) in [4.78, 5) is 26.4. The molecular formula is C14H18N2O5.